The summed E-state index contributed by atoms with van der Waals surface area (Å²) >= 11 is 1.56. The number of hydrogen-bond donors (Lipinski definition) is 3. The van der Waals surface area contributed by atoms with Crippen LogP contribution in [0.1, 0.15) is 54.1 Å². The number of amides is 2. The molecule has 0 radical (unpaired) electrons. The van der Waals surface area contributed by atoms with Crippen LogP contribution in [0.5, 0.6) is 0 Å². The van der Waals surface area contributed by atoms with E-state index < -0.39 is 11.5 Å². The topological polar surface area (TPSA) is 108 Å². The van der Waals surface area contributed by atoms with Crippen LogP contribution < -0.4 is 10.6 Å². The lowest BCUT2D eigenvalue weighted by Gasteiger charge is -2.28. The molecule has 0 bridgehead atoms. The van der Waals surface area contributed by atoms with Gasteiger partial charge in [0.25, 0.3) is 0 Å². The molecule has 132 valence electrons. The van der Waals surface area contributed by atoms with Crippen molar-refractivity contribution in [2.75, 3.05) is 0 Å². The average molecular weight is 353 g/mol. The Morgan fingerprint density at radius 1 is 1.33 bits per heavy atom. The maximum atomic E-state index is 12.1. The summed E-state index contributed by atoms with van der Waals surface area (Å²) in [7, 11) is 0. The lowest BCUT2D eigenvalue weighted by molar-refractivity contribution is -0.137. The molecule has 1 aromatic rings. The zero-order valence-electron chi connectivity index (χ0n) is 14.0. The second-order valence-electron chi connectivity index (χ2n) is 6.25. The van der Waals surface area contributed by atoms with Crippen LogP contribution in [0, 0.1) is 13.8 Å². The molecule has 1 fully saturated rings. The van der Waals surface area contributed by atoms with Gasteiger partial charge in [0.2, 0.25) is 11.8 Å². The van der Waals surface area contributed by atoms with Gasteiger partial charge in [-0.3, -0.25) is 14.4 Å². The minimum atomic E-state index is -0.894. The number of nitrogens with zero attached hydrogens (tertiary/aromatic N) is 1. The lowest BCUT2D eigenvalue weighted by Crippen LogP contribution is -2.43. The van der Waals surface area contributed by atoms with E-state index in [0.717, 1.165) is 15.6 Å². The van der Waals surface area contributed by atoms with Crippen molar-refractivity contribution in [3.05, 3.63) is 15.6 Å². The van der Waals surface area contributed by atoms with E-state index in [9.17, 15) is 14.4 Å². The van der Waals surface area contributed by atoms with E-state index in [0.29, 0.717) is 32.2 Å². The standard InChI is InChI=1S/C16H23N3O4S/c1-10-11(2)24-14(18-10)9-17-12(20)3-6-16(8-5-15(22)23)7-4-13(21)19-16/h3-9H2,1-2H3,(H,17,20)(H,19,21)(H,22,23)/t16-/m0/s1. The van der Waals surface area contributed by atoms with Gasteiger partial charge in [0.15, 0.2) is 0 Å². The second kappa shape index (κ2) is 7.74. The molecule has 0 spiro atoms. The van der Waals surface area contributed by atoms with E-state index in [1.807, 2.05) is 13.8 Å². The smallest absolute Gasteiger partial charge is 0.303 e. The van der Waals surface area contributed by atoms with Crippen LogP contribution >= 0.6 is 11.3 Å². The molecule has 0 aliphatic carbocycles. The summed E-state index contributed by atoms with van der Waals surface area (Å²) in [5.74, 6) is -1.08. The average Bonchev–Trinajstić information content (AvgIpc) is 3.05. The van der Waals surface area contributed by atoms with Crippen LogP contribution in [-0.4, -0.2) is 33.4 Å². The quantitative estimate of drug-likeness (QED) is 0.659. The Morgan fingerprint density at radius 2 is 2.04 bits per heavy atom. The molecule has 1 atom stereocenters. The fourth-order valence-corrected chi connectivity index (χ4v) is 3.72. The van der Waals surface area contributed by atoms with E-state index in [1.165, 1.54) is 0 Å². The van der Waals surface area contributed by atoms with Gasteiger partial charge in [0.05, 0.1) is 12.2 Å². The monoisotopic (exact) mass is 353 g/mol. The third-order valence-corrected chi connectivity index (χ3v) is 5.47. The number of carbonyl (C=O) groups excluding carboxylic acids is 2. The van der Waals surface area contributed by atoms with Crippen molar-refractivity contribution < 1.29 is 19.5 Å². The van der Waals surface area contributed by atoms with Crippen LogP contribution in [0.25, 0.3) is 0 Å². The molecule has 7 nitrogen and oxygen atoms in total. The van der Waals surface area contributed by atoms with Crippen molar-refractivity contribution >= 4 is 29.1 Å². The van der Waals surface area contributed by atoms with Crippen molar-refractivity contribution in [1.29, 1.82) is 0 Å². The predicted octanol–water partition coefficient (Wildman–Crippen LogP) is 1.67. The first-order chi connectivity index (χ1) is 11.3. The molecule has 1 aliphatic rings. The van der Waals surface area contributed by atoms with Gasteiger partial charge in [-0.05, 0) is 33.1 Å². The van der Waals surface area contributed by atoms with Gasteiger partial charge in [-0.25, -0.2) is 4.98 Å². The van der Waals surface area contributed by atoms with Crippen LogP contribution in [-0.2, 0) is 20.9 Å². The van der Waals surface area contributed by atoms with Crippen LogP contribution in [0.3, 0.4) is 0 Å². The Kier molecular flexibility index (Phi) is 5.93. The molecule has 3 N–H and O–H groups in total. The fraction of sp³-hybridized carbons (Fsp3) is 0.625. The number of nitrogens with one attached hydrogen (secondary N) is 2. The summed E-state index contributed by atoms with van der Waals surface area (Å²) in [6.45, 7) is 4.33. The Labute approximate surface area is 144 Å². The highest BCUT2D eigenvalue weighted by Gasteiger charge is 2.37. The molecule has 2 amide bonds. The molecule has 8 heteroatoms. The SMILES string of the molecule is Cc1nc(CNC(=O)CC[C@@]2(CCC(=O)O)CCC(=O)N2)sc1C. The number of hydrogen-bond acceptors (Lipinski definition) is 5. The summed E-state index contributed by atoms with van der Waals surface area (Å²) in [5, 5.41) is 15.4. The maximum Gasteiger partial charge on any atom is 0.303 e. The molecule has 0 saturated carbocycles. The van der Waals surface area contributed by atoms with Gasteiger partial charge >= 0.3 is 5.97 Å². The van der Waals surface area contributed by atoms with E-state index >= 15 is 0 Å². The van der Waals surface area contributed by atoms with Gasteiger partial charge in [-0.1, -0.05) is 0 Å². The number of rotatable bonds is 8. The summed E-state index contributed by atoms with van der Waals surface area (Å²) in [5.41, 5.74) is 0.409. The highest BCUT2D eigenvalue weighted by molar-refractivity contribution is 7.11. The molecule has 2 rings (SSSR count). The van der Waals surface area contributed by atoms with Crippen molar-refractivity contribution in [2.45, 2.75) is 64.5 Å². The number of carboxylic acid groups (broad SMARTS) is 1. The number of aromatic nitrogens is 1. The van der Waals surface area contributed by atoms with Crippen LogP contribution in [0.4, 0.5) is 0 Å². The third kappa shape index (κ3) is 5.02. The number of carboxylic acids is 1. The zero-order valence-corrected chi connectivity index (χ0v) is 14.8. The molecule has 2 heterocycles. The minimum Gasteiger partial charge on any atom is -0.481 e. The van der Waals surface area contributed by atoms with Crippen molar-refractivity contribution in [2.24, 2.45) is 0 Å². The first-order valence-electron chi connectivity index (χ1n) is 8.02. The van der Waals surface area contributed by atoms with Crippen LogP contribution in [0.2, 0.25) is 0 Å². The summed E-state index contributed by atoms with van der Waals surface area (Å²) in [6.07, 6.45) is 2.01. The van der Waals surface area contributed by atoms with Gasteiger partial charge in [0, 0.05) is 29.7 Å². The number of carbonyl (C=O) groups is 3. The molecular formula is C16H23N3O4S. The van der Waals surface area contributed by atoms with E-state index in [4.69, 9.17) is 5.11 Å². The van der Waals surface area contributed by atoms with E-state index in [2.05, 4.69) is 15.6 Å². The summed E-state index contributed by atoms with van der Waals surface area (Å²) in [6, 6.07) is 0. The highest BCUT2D eigenvalue weighted by Crippen LogP contribution is 2.30. The zero-order chi connectivity index (χ0) is 17.7. The van der Waals surface area contributed by atoms with Crippen LogP contribution in [0.15, 0.2) is 0 Å². The Bertz CT molecular complexity index is 624. The van der Waals surface area contributed by atoms with Gasteiger partial charge in [-0.15, -0.1) is 11.3 Å². The molecule has 0 unspecified atom stereocenters. The van der Waals surface area contributed by atoms with Crippen molar-refractivity contribution in [3.63, 3.8) is 0 Å². The Balaban J connectivity index is 1.83. The third-order valence-electron chi connectivity index (χ3n) is 4.39. The molecule has 0 aromatic carbocycles. The van der Waals surface area contributed by atoms with E-state index in [-0.39, 0.29) is 24.7 Å². The largest absolute Gasteiger partial charge is 0.481 e. The molecule has 1 saturated heterocycles. The number of aliphatic carboxylic acids is 1. The normalized spacial score (nSPS) is 20.0. The van der Waals surface area contributed by atoms with Crippen molar-refractivity contribution in [1.82, 2.24) is 15.6 Å². The summed E-state index contributed by atoms with van der Waals surface area (Å²) in [4.78, 5) is 39.9. The highest BCUT2D eigenvalue weighted by atomic mass is 32.1. The first kappa shape index (κ1) is 18.4. The minimum absolute atomic E-state index is 0.0143. The molecular weight excluding hydrogens is 330 g/mol. The molecule has 24 heavy (non-hydrogen) atoms. The first-order valence-corrected chi connectivity index (χ1v) is 8.84. The summed E-state index contributed by atoms with van der Waals surface area (Å²) < 4.78 is 0. The van der Waals surface area contributed by atoms with Gasteiger partial charge < -0.3 is 15.7 Å². The number of thiazole rings is 1. The molecule has 1 aliphatic heterocycles. The van der Waals surface area contributed by atoms with Gasteiger partial charge in [-0.2, -0.15) is 0 Å². The van der Waals surface area contributed by atoms with E-state index in [1.54, 1.807) is 11.3 Å². The Hall–Kier alpha value is -1.96. The lowest BCUT2D eigenvalue weighted by atomic mass is 9.86. The maximum absolute atomic E-state index is 12.1. The van der Waals surface area contributed by atoms with Crippen molar-refractivity contribution in [3.8, 4) is 0 Å². The second-order valence-corrected chi connectivity index (χ2v) is 7.54. The molecule has 1 aromatic heterocycles. The predicted molar refractivity (Wildman–Crippen MR) is 89.6 cm³/mol. The Morgan fingerprint density at radius 3 is 2.58 bits per heavy atom. The number of aryl methyl sites for hydroxylation is 2. The van der Waals surface area contributed by atoms with Gasteiger partial charge in [0.1, 0.15) is 5.01 Å². The fourth-order valence-electron chi connectivity index (χ4n) is 2.85.